The number of rotatable bonds is 4. The van der Waals surface area contributed by atoms with E-state index < -0.39 is 17.5 Å². The molecule has 1 N–H and O–H groups in total. The van der Waals surface area contributed by atoms with Crippen molar-refractivity contribution in [3.05, 3.63) is 68.7 Å². The number of aryl methyl sites for hydroxylation is 1. The van der Waals surface area contributed by atoms with E-state index in [9.17, 15) is 14.4 Å². The van der Waals surface area contributed by atoms with E-state index in [-0.39, 0.29) is 12.3 Å². The Bertz CT molecular complexity index is 998. The zero-order valence-electron chi connectivity index (χ0n) is 16.6. The van der Waals surface area contributed by atoms with E-state index in [0.29, 0.717) is 16.1 Å². The van der Waals surface area contributed by atoms with E-state index in [1.807, 2.05) is 33.8 Å². The number of urea groups is 1. The number of Topliss-reactive ketones (excluding diaryl/α,β-unsaturated/α-hetero) is 1. The standard InChI is InChI=1S/C22H23ClN2O3/c1-12-10-18(15(4)14(3)13(12)2)19(26)11-25-20(27)22(5,24-21(25)28)16-6-8-17(23)9-7-16/h6-10H,11H2,1-5H3,(H,24,28). The maximum absolute atomic E-state index is 13.0. The molecule has 3 rings (SSSR count). The van der Waals surface area contributed by atoms with E-state index in [2.05, 4.69) is 5.32 Å². The smallest absolute Gasteiger partial charge is 0.319 e. The van der Waals surface area contributed by atoms with Crippen LogP contribution in [-0.4, -0.2) is 29.2 Å². The first kappa shape index (κ1) is 20.1. The SMILES string of the molecule is Cc1cc(C(=O)CN2C(=O)NC(C)(c3ccc(Cl)cc3)C2=O)c(C)c(C)c1C. The number of nitrogens with one attached hydrogen (secondary N) is 1. The number of amides is 3. The van der Waals surface area contributed by atoms with Crippen LogP contribution in [0.5, 0.6) is 0 Å². The molecule has 1 unspecified atom stereocenters. The number of hydrogen-bond donors (Lipinski definition) is 1. The minimum absolute atomic E-state index is 0.257. The Hall–Kier alpha value is -2.66. The molecule has 1 aliphatic heterocycles. The van der Waals surface area contributed by atoms with E-state index in [1.165, 1.54) is 0 Å². The second kappa shape index (κ2) is 7.06. The first-order chi connectivity index (χ1) is 13.1. The average molecular weight is 399 g/mol. The second-order valence-corrected chi connectivity index (χ2v) is 7.93. The van der Waals surface area contributed by atoms with Crippen LogP contribution in [-0.2, 0) is 10.3 Å². The third kappa shape index (κ3) is 3.20. The van der Waals surface area contributed by atoms with Crippen molar-refractivity contribution < 1.29 is 14.4 Å². The summed E-state index contributed by atoms with van der Waals surface area (Å²) in [6.07, 6.45) is 0. The predicted octanol–water partition coefficient (Wildman–Crippen LogP) is 4.22. The normalized spacial score (nSPS) is 19.1. The Morgan fingerprint density at radius 2 is 1.64 bits per heavy atom. The van der Waals surface area contributed by atoms with Gasteiger partial charge in [-0.1, -0.05) is 23.7 Å². The number of nitrogens with zero attached hydrogens (tertiary/aromatic N) is 1. The molecule has 0 spiro atoms. The van der Waals surface area contributed by atoms with Gasteiger partial charge in [0.1, 0.15) is 5.54 Å². The Kier molecular flexibility index (Phi) is 5.06. The number of halogens is 1. The van der Waals surface area contributed by atoms with Gasteiger partial charge in [0.15, 0.2) is 5.78 Å². The second-order valence-electron chi connectivity index (χ2n) is 7.49. The molecule has 1 fully saturated rings. The molecule has 28 heavy (non-hydrogen) atoms. The molecule has 2 aromatic rings. The highest BCUT2D eigenvalue weighted by Gasteiger charge is 2.49. The molecule has 0 radical (unpaired) electrons. The molecule has 0 saturated carbocycles. The lowest BCUT2D eigenvalue weighted by Gasteiger charge is -2.22. The van der Waals surface area contributed by atoms with Gasteiger partial charge in [0, 0.05) is 10.6 Å². The summed E-state index contributed by atoms with van der Waals surface area (Å²) in [5.74, 6) is -0.709. The van der Waals surface area contributed by atoms with Crippen LogP contribution in [0.25, 0.3) is 0 Å². The molecule has 5 nitrogen and oxygen atoms in total. The van der Waals surface area contributed by atoms with E-state index >= 15 is 0 Å². The van der Waals surface area contributed by atoms with Gasteiger partial charge in [-0.2, -0.15) is 0 Å². The van der Waals surface area contributed by atoms with Crippen LogP contribution in [0.2, 0.25) is 5.02 Å². The lowest BCUT2D eigenvalue weighted by atomic mass is 9.91. The fourth-order valence-corrected chi connectivity index (χ4v) is 3.68. The Morgan fingerprint density at radius 3 is 2.25 bits per heavy atom. The largest absolute Gasteiger partial charge is 0.325 e. The van der Waals surface area contributed by atoms with E-state index in [4.69, 9.17) is 11.6 Å². The van der Waals surface area contributed by atoms with Gasteiger partial charge in [0.05, 0.1) is 6.54 Å². The van der Waals surface area contributed by atoms with Gasteiger partial charge in [-0.05, 0) is 80.6 Å². The van der Waals surface area contributed by atoms with Gasteiger partial charge in [-0.15, -0.1) is 0 Å². The maximum atomic E-state index is 13.0. The zero-order valence-corrected chi connectivity index (χ0v) is 17.4. The first-order valence-electron chi connectivity index (χ1n) is 9.07. The monoisotopic (exact) mass is 398 g/mol. The van der Waals surface area contributed by atoms with Gasteiger partial charge >= 0.3 is 6.03 Å². The third-order valence-corrected chi connectivity index (χ3v) is 6.03. The summed E-state index contributed by atoms with van der Waals surface area (Å²) in [5, 5.41) is 3.25. The average Bonchev–Trinajstić information content (AvgIpc) is 2.87. The van der Waals surface area contributed by atoms with Gasteiger partial charge < -0.3 is 5.32 Å². The van der Waals surface area contributed by atoms with Crippen LogP contribution in [0.3, 0.4) is 0 Å². The number of carbonyl (C=O) groups is 3. The molecule has 1 aliphatic rings. The fourth-order valence-electron chi connectivity index (χ4n) is 3.55. The number of benzene rings is 2. The lowest BCUT2D eigenvalue weighted by molar-refractivity contribution is -0.130. The van der Waals surface area contributed by atoms with E-state index in [0.717, 1.165) is 27.2 Å². The van der Waals surface area contributed by atoms with Gasteiger partial charge in [-0.3, -0.25) is 14.5 Å². The molecule has 0 bridgehead atoms. The minimum Gasteiger partial charge on any atom is -0.319 e. The van der Waals surface area contributed by atoms with Crippen LogP contribution in [0.4, 0.5) is 4.79 Å². The number of imide groups is 1. The van der Waals surface area contributed by atoms with Crippen LogP contribution in [0.1, 0.15) is 45.1 Å². The minimum atomic E-state index is -1.23. The van der Waals surface area contributed by atoms with Crippen molar-refractivity contribution in [2.75, 3.05) is 6.54 Å². The molecule has 0 aliphatic carbocycles. The van der Waals surface area contributed by atoms with Crippen molar-refractivity contribution in [2.24, 2.45) is 0 Å². The highest BCUT2D eigenvalue weighted by atomic mass is 35.5. The summed E-state index contributed by atoms with van der Waals surface area (Å²) in [6, 6.07) is 7.98. The molecule has 6 heteroatoms. The maximum Gasteiger partial charge on any atom is 0.325 e. The summed E-state index contributed by atoms with van der Waals surface area (Å²) in [4.78, 5) is 39.4. The molecule has 2 aromatic carbocycles. The van der Waals surface area contributed by atoms with Crippen molar-refractivity contribution >= 4 is 29.3 Å². The molecule has 0 aromatic heterocycles. The van der Waals surface area contributed by atoms with Crippen molar-refractivity contribution in [1.29, 1.82) is 0 Å². The molecule has 146 valence electrons. The third-order valence-electron chi connectivity index (χ3n) is 5.78. The van der Waals surface area contributed by atoms with Crippen molar-refractivity contribution in [3.8, 4) is 0 Å². The lowest BCUT2D eigenvalue weighted by Crippen LogP contribution is -2.41. The summed E-state index contributed by atoms with van der Waals surface area (Å²) >= 11 is 5.92. The Morgan fingerprint density at radius 1 is 1.04 bits per heavy atom. The zero-order chi connectivity index (χ0) is 20.8. The van der Waals surface area contributed by atoms with Crippen LogP contribution < -0.4 is 5.32 Å². The fraction of sp³-hybridized carbons (Fsp3) is 0.318. The molecule has 1 heterocycles. The molecule has 3 amide bonds. The topological polar surface area (TPSA) is 66.5 Å². The Labute approximate surface area is 169 Å². The predicted molar refractivity (Wildman–Crippen MR) is 109 cm³/mol. The highest BCUT2D eigenvalue weighted by Crippen LogP contribution is 2.30. The molecular formula is C22H23ClN2O3. The van der Waals surface area contributed by atoms with Crippen LogP contribution in [0.15, 0.2) is 30.3 Å². The van der Waals surface area contributed by atoms with Crippen molar-refractivity contribution in [2.45, 2.75) is 40.2 Å². The van der Waals surface area contributed by atoms with Crippen molar-refractivity contribution in [3.63, 3.8) is 0 Å². The number of carbonyl (C=O) groups excluding carboxylic acids is 3. The molecule has 1 saturated heterocycles. The van der Waals surface area contributed by atoms with Gasteiger partial charge in [0.2, 0.25) is 0 Å². The first-order valence-corrected chi connectivity index (χ1v) is 9.45. The van der Waals surface area contributed by atoms with E-state index in [1.54, 1.807) is 31.2 Å². The quantitative estimate of drug-likeness (QED) is 0.619. The Balaban J connectivity index is 1.89. The van der Waals surface area contributed by atoms with Gasteiger partial charge in [-0.25, -0.2) is 4.79 Å². The van der Waals surface area contributed by atoms with Crippen LogP contribution in [0, 0.1) is 27.7 Å². The summed E-state index contributed by atoms with van der Waals surface area (Å²) in [5.41, 5.74) is 4.00. The summed E-state index contributed by atoms with van der Waals surface area (Å²) in [6.45, 7) is 9.16. The van der Waals surface area contributed by atoms with Gasteiger partial charge in [0.25, 0.3) is 5.91 Å². The van der Waals surface area contributed by atoms with Crippen LogP contribution >= 0.6 is 11.6 Å². The summed E-state index contributed by atoms with van der Waals surface area (Å²) in [7, 11) is 0. The number of hydrogen-bond acceptors (Lipinski definition) is 3. The highest BCUT2D eigenvalue weighted by molar-refractivity contribution is 6.30. The molecule has 1 atom stereocenters. The number of ketones is 1. The van der Waals surface area contributed by atoms with Crippen molar-refractivity contribution in [1.82, 2.24) is 10.2 Å². The summed E-state index contributed by atoms with van der Waals surface area (Å²) < 4.78 is 0. The molecular weight excluding hydrogens is 376 g/mol.